The third-order valence-corrected chi connectivity index (χ3v) is 6.29. The number of carbonyl (C=O) groups is 1. The maximum absolute atomic E-state index is 13.9. The molecule has 3 aromatic rings. The highest BCUT2D eigenvalue weighted by Crippen LogP contribution is 2.27. The molecule has 2 aromatic carbocycles. The van der Waals surface area contributed by atoms with E-state index in [2.05, 4.69) is 28.3 Å². The van der Waals surface area contributed by atoms with Crippen LogP contribution in [0.4, 0.5) is 17.6 Å². The Labute approximate surface area is 225 Å². The number of aryl methyl sites for hydroxylation is 1. The molecule has 0 amide bonds. The van der Waals surface area contributed by atoms with E-state index in [0.717, 1.165) is 23.1 Å². The second-order valence-corrected chi connectivity index (χ2v) is 9.22. The van der Waals surface area contributed by atoms with E-state index in [9.17, 15) is 22.4 Å². The normalized spacial score (nSPS) is 13.0. The van der Waals surface area contributed by atoms with E-state index < -0.39 is 47.5 Å². The van der Waals surface area contributed by atoms with Crippen molar-refractivity contribution in [3.05, 3.63) is 94.8 Å². The molecule has 1 N–H and O–H groups in total. The zero-order valence-corrected chi connectivity index (χ0v) is 22.2. The maximum atomic E-state index is 13.9. The van der Waals surface area contributed by atoms with Gasteiger partial charge in [-0.1, -0.05) is 68.0 Å². The largest absolute Gasteiger partial charge is 0.479 e. The summed E-state index contributed by atoms with van der Waals surface area (Å²) >= 11 is 0. The number of benzene rings is 2. The predicted molar refractivity (Wildman–Crippen MR) is 141 cm³/mol. The van der Waals surface area contributed by atoms with Crippen LogP contribution >= 0.6 is 0 Å². The molecule has 0 saturated heterocycles. The molecular formula is C29H32F4N4O2. The summed E-state index contributed by atoms with van der Waals surface area (Å²) in [5.74, 6) is -8.47. The summed E-state index contributed by atoms with van der Waals surface area (Å²) in [6, 6.07) is 5.20. The quantitative estimate of drug-likeness (QED) is 0.141. The van der Waals surface area contributed by atoms with Crippen LogP contribution in [0.1, 0.15) is 67.6 Å². The fraction of sp³-hybridized carbons (Fsp3) is 0.345. The average molecular weight is 545 g/mol. The van der Waals surface area contributed by atoms with E-state index in [1.807, 2.05) is 45.1 Å². The Hall–Kier alpha value is -3.79. The number of aromatic nitrogens is 3. The maximum Gasteiger partial charge on any atom is 0.203 e. The van der Waals surface area contributed by atoms with Gasteiger partial charge in [0.1, 0.15) is 12.6 Å². The summed E-state index contributed by atoms with van der Waals surface area (Å²) in [5, 5.41) is 11.7. The van der Waals surface area contributed by atoms with Crippen molar-refractivity contribution in [2.75, 3.05) is 6.61 Å². The predicted octanol–water partition coefficient (Wildman–Crippen LogP) is 6.57. The second-order valence-electron chi connectivity index (χ2n) is 9.22. The molecule has 10 heteroatoms. The molecule has 0 fully saturated rings. The molecule has 0 aliphatic heterocycles. The zero-order valence-electron chi connectivity index (χ0n) is 22.2. The summed E-state index contributed by atoms with van der Waals surface area (Å²) < 4.78 is 61.1. The molecule has 1 heterocycles. The van der Waals surface area contributed by atoms with Gasteiger partial charge >= 0.3 is 0 Å². The van der Waals surface area contributed by atoms with Crippen molar-refractivity contribution in [2.24, 2.45) is 0 Å². The number of halogens is 4. The smallest absolute Gasteiger partial charge is 0.203 e. The number of hydrogen-bond acceptors (Lipinski definition) is 5. The van der Waals surface area contributed by atoms with Gasteiger partial charge in [-0.3, -0.25) is 4.79 Å². The number of hydrogen-bond donors (Lipinski definition) is 1. The van der Waals surface area contributed by atoms with Gasteiger partial charge in [-0.15, -0.1) is 5.10 Å². The average Bonchev–Trinajstić information content (AvgIpc) is 3.41. The molecular weight excluding hydrogens is 512 g/mol. The lowest BCUT2D eigenvalue weighted by Crippen LogP contribution is -2.26. The van der Waals surface area contributed by atoms with E-state index in [-0.39, 0.29) is 12.1 Å². The van der Waals surface area contributed by atoms with Crippen LogP contribution in [-0.2, 0) is 11.3 Å². The highest BCUT2D eigenvalue weighted by atomic mass is 19.2. The summed E-state index contributed by atoms with van der Waals surface area (Å²) in [7, 11) is 0. The number of rotatable bonds is 14. The van der Waals surface area contributed by atoms with E-state index >= 15 is 0 Å². The summed E-state index contributed by atoms with van der Waals surface area (Å²) in [5.41, 5.74) is 3.90. The van der Waals surface area contributed by atoms with Gasteiger partial charge in [-0.2, -0.15) is 8.78 Å². The van der Waals surface area contributed by atoms with Gasteiger partial charge in [-0.25, -0.2) is 13.5 Å². The number of carbonyl (C=O) groups excluding carboxylic acids is 1. The summed E-state index contributed by atoms with van der Waals surface area (Å²) in [4.78, 5) is 13.0. The first-order valence-corrected chi connectivity index (χ1v) is 12.7. The molecule has 3 rings (SSSR count). The molecule has 0 aliphatic rings. The Bertz CT molecular complexity index is 1310. The lowest BCUT2D eigenvalue weighted by molar-refractivity contribution is -0.124. The number of ether oxygens (including phenoxy) is 1. The van der Waals surface area contributed by atoms with Crippen molar-refractivity contribution in [3.63, 3.8) is 0 Å². The van der Waals surface area contributed by atoms with Crippen LogP contribution in [0.5, 0.6) is 5.75 Å². The SMILES string of the molecule is C=C/C=C\c1cc(CNC(C)c2cn(C(CCCC)C(=O)COc3c(F)c(F)cc(F)c3F)nn2)ccc1C. The van der Waals surface area contributed by atoms with E-state index in [1.54, 1.807) is 12.3 Å². The van der Waals surface area contributed by atoms with Crippen LogP contribution in [0.25, 0.3) is 6.08 Å². The highest BCUT2D eigenvalue weighted by Gasteiger charge is 2.26. The van der Waals surface area contributed by atoms with Crippen LogP contribution < -0.4 is 10.1 Å². The van der Waals surface area contributed by atoms with E-state index in [0.29, 0.717) is 25.1 Å². The molecule has 2 unspecified atom stereocenters. The number of unbranched alkanes of at least 4 members (excludes halogenated alkanes) is 1. The molecule has 208 valence electrons. The van der Waals surface area contributed by atoms with Gasteiger partial charge in [-0.05, 0) is 37.0 Å². The van der Waals surface area contributed by atoms with Crippen molar-refractivity contribution in [1.29, 1.82) is 0 Å². The molecule has 0 saturated carbocycles. The Morgan fingerprint density at radius 1 is 1.18 bits per heavy atom. The third kappa shape index (κ3) is 7.63. The Balaban J connectivity index is 1.69. The molecule has 0 bridgehead atoms. The van der Waals surface area contributed by atoms with Crippen molar-refractivity contribution >= 4 is 11.9 Å². The van der Waals surface area contributed by atoms with Gasteiger partial charge in [0.25, 0.3) is 0 Å². The molecule has 1 aromatic heterocycles. The van der Waals surface area contributed by atoms with Gasteiger partial charge in [0.15, 0.2) is 23.2 Å². The first-order chi connectivity index (χ1) is 18.7. The van der Waals surface area contributed by atoms with Gasteiger partial charge in [0, 0.05) is 12.6 Å². The Morgan fingerprint density at radius 3 is 2.56 bits per heavy atom. The zero-order chi connectivity index (χ0) is 28.5. The fourth-order valence-electron chi connectivity index (χ4n) is 3.92. The van der Waals surface area contributed by atoms with E-state index in [1.165, 1.54) is 4.68 Å². The minimum absolute atomic E-state index is 0.0766. The molecule has 39 heavy (non-hydrogen) atoms. The van der Waals surface area contributed by atoms with Crippen molar-refractivity contribution in [2.45, 2.75) is 58.7 Å². The minimum Gasteiger partial charge on any atom is -0.479 e. The monoisotopic (exact) mass is 544 g/mol. The molecule has 0 radical (unpaired) electrons. The van der Waals surface area contributed by atoms with Crippen LogP contribution in [0.15, 0.2) is 49.2 Å². The van der Waals surface area contributed by atoms with Crippen molar-refractivity contribution < 1.29 is 27.1 Å². The molecule has 2 atom stereocenters. The van der Waals surface area contributed by atoms with Gasteiger partial charge < -0.3 is 10.1 Å². The standard InChI is InChI=1S/C29H32F4N4O2/c1-5-7-9-21-13-20(12-11-18(21)3)15-34-19(4)24-16-37(36-35-24)25(10-8-6-2)26(38)17-39-29-27(32)22(30)14-23(31)28(29)33/h5,7,9,11-14,16,19,25,34H,1,6,8,10,15,17H2,2-4H3/b9-7-. The Kier molecular flexibility index (Phi) is 10.6. The van der Waals surface area contributed by atoms with Crippen LogP contribution in [0.2, 0.25) is 0 Å². The lowest BCUT2D eigenvalue weighted by Gasteiger charge is -2.17. The highest BCUT2D eigenvalue weighted by molar-refractivity contribution is 5.84. The first-order valence-electron chi connectivity index (χ1n) is 12.7. The number of allylic oxidation sites excluding steroid dienone is 2. The summed E-state index contributed by atoms with van der Waals surface area (Å²) in [6.45, 7) is 9.36. The van der Waals surface area contributed by atoms with Crippen LogP contribution in [-0.4, -0.2) is 27.4 Å². The van der Waals surface area contributed by atoms with Gasteiger partial charge in [0.2, 0.25) is 11.6 Å². The van der Waals surface area contributed by atoms with E-state index in [4.69, 9.17) is 4.74 Å². The summed E-state index contributed by atoms with van der Waals surface area (Å²) in [6.07, 6.45) is 9.04. The molecule has 0 spiro atoms. The Morgan fingerprint density at radius 2 is 1.90 bits per heavy atom. The minimum atomic E-state index is -1.70. The third-order valence-electron chi connectivity index (χ3n) is 6.29. The van der Waals surface area contributed by atoms with Gasteiger partial charge in [0.05, 0.1) is 17.9 Å². The topological polar surface area (TPSA) is 69.0 Å². The fourth-order valence-corrected chi connectivity index (χ4v) is 3.92. The second kappa shape index (κ2) is 13.8. The van der Waals surface area contributed by atoms with Crippen LogP contribution in [0, 0.1) is 30.2 Å². The van der Waals surface area contributed by atoms with Crippen molar-refractivity contribution in [1.82, 2.24) is 20.3 Å². The number of nitrogens with one attached hydrogen (secondary N) is 1. The molecule has 0 aliphatic carbocycles. The number of Topliss-reactive ketones (excluding diaryl/α,β-unsaturated/α-hetero) is 1. The van der Waals surface area contributed by atoms with Crippen molar-refractivity contribution in [3.8, 4) is 5.75 Å². The lowest BCUT2D eigenvalue weighted by atomic mass is 10.0. The first kappa shape index (κ1) is 29.8. The molecule has 6 nitrogen and oxygen atoms in total. The van der Waals surface area contributed by atoms with Crippen LogP contribution in [0.3, 0.4) is 0 Å². The number of ketones is 1. The number of nitrogens with zero attached hydrogens (tertiary/aromatic N) is 3.